The number of nitriles is 1. The van der Waals surface area contributed by atoms with E-state index in [2.05, 4.69) is 21.2 Å². The molecule has 36 heavy (non-hydrogen) atoms. The van der Waals surface area contributed by atoms with Gasteiger partial charge in [-0.2, -0.15) is 5.26 Å². The number of hydrogen-bond donors (Lipinski definition) is 1. The van der Waals surface area contributed by atoms with Crippen molar-refractivity contribution in [1.29, 1.82) is 5.26 Å². The summed E-state index contributed by atoms with van der Waals surface area (Å²) >= 11 is 9.50. The van der Waals surface area contributed by atoms with Crippen molar-refractivity contribution < 1.29 is 23.9 Å². The van der Waals surface area contributed by atoms with Crippen LogP contribution < -0.4 is 19.5 Å². The third-order valence-corrected chi connectivity index (χ3v) is 5.69. The lowest BCUT2D eigenvalue weighted by atomic mass is 10.1. The molecular formula is C25H19BrClN3O6. The van der Waals surface area contributed by atoms with Gasteiger partial charge in [0.2, 0.25) is 0 Å². The summed E-state index contributed by atoms with van der Waals surface area (Å²) < 4.78 is 17.0. The van der Waals surface area contributed by atoms with Gasteiger partial charge in [0.25, 0.3) is 11.6 Å². The van der Waals surface area contributed by atoms with Gasteiger partial charge in [0.15, 0.2) is 0 Å². The second kappa shape index (κ2) is 12.1. The number of carbonyl (C=O) groups excluding carboxylic acids is 1. The molecule has 0 heterocycles. The summed E-state index contributed by atoms with van der Waals surface area (Å²) in [5, 5.41) is 23.5. The number of halogens is 2. The number of carbonyl (C=O) groups is 1. The molecule has 0 saturated carbocycles. The third-order valence-electron chi connectivity index (χ3n) is 4.90. The molecule has 0 radical (unpaired) electrons. The molecule has 3 aromatic carbocycles. The lowest BCUT2D eigenvalue weighted by molar-refractivity contribution is -0.384. The number of amides is 1. The first kappa shape index (κ1) is 26.5. The monoisotopic (exact) mass is 571 g/mol. The maximum Gasteiger partial charge on any atom is 0.269 e. The van der Waals surface area contributed by atoms with Crippen LogP contribution in [0.15, 0.2) is 64.6 Å². The number of nitro groups is 1. The van der Waals surface area contributed by atoms with Crippen molar-refractivity contribution in [3.05, 3.63) is 90.9 Å². The minimum absolute atomic E-state index is 0.0226. The molecule has 0 atom stereocenters. The highest BCUT2D eigenvalue weighted by atomic mass is 79.9. The highest BCUT2D eigenvalue weighted by Crippen LogP contribution is 2.36. The van der Waals surface area contributed by atoms with Crippen molar-refractivity contribution in [2.45, 2.75) is 6.61 Å². The van der Waals surface area contributed by atoms with Gasteiger partial charge in [-0.1, -0.05) is 27.5 Å². The fourth-order valence-corrected chi connectivity index (χ4v) is 3.70. The molecule has 1 N–H and O–H groups in total. The topological polar surface area (TPSA) is 124 Å². The lowest BCUT2D eigenvalue weighted by Crippen LogP contribution is -2.14. The maximum atomic E-state index is 12.9. The Labute approximate surface area is 220 Å². The number of methoxy groups -OCH3 is 2. The van der Waals surface area contributed by atoms with Gasteiger partial charge in [0.05, 0.1) is 29.9 Å². The summed E-state index contributed by atoms with van der Waals surface area (Å²) in [6.07, 6.45) is 1.39. The molecule has 0 unspecified atom stereocenters. The number of ether oxygens (including phenoxy) is 3. The Balaban J connectivity index is 1.85. The standard InChI is InChI=1S/C25H19BrClN3O6/c1-34-23-12-21(24(35-2)11-20(23)27)29-25(31)17(13-28)9-16-10-18(26)5-8-22(16)36-14-15-3-6-19(7-4-15)30(32)33/h3-12H,14H2,1-2H3,(H,29,31)/b17-9+. The largest absolute Gasteiger partial charge is 0.495 e. The zero-order valence-corrected chi connectivity index (χ0v) is 21.4. The van der Waals surface area contributed by atoms with Crippen LogP contribution in [0.2, 0.25) is 5.02 Å². The molecule has 184 valence electrons. The predicted octanol–water partition coefficient (Wildman–Crippen LogP) is 6.15. The van der Waals surface area contributed by atoms with Gasteiger partial charge in [0.1, 0.15) is 35.5 Å². The molecule has 0 saturated heterocycles. The molecule has 9 nitrogen and oxygen atoms in total. The Bertz CT molecular complexity index is 1370. The Morgan fingerprint density at radius 3 is 2.42 bits per heavy atom. The van der Waals surface area contributed by atoms with E-state index in [9.17, 15) is 20.2 Å². The Kier molecular flexibility index (Phi) is 8.89. The van der Waals surface area contributed by atoms with Crippen molar-refractivity contribution in [3.8, 4) is 23.3 Å². The van der Waals surface area contributed by atoms with Crippen molar-refractivity contribution >= 4 is 50.9 Å². The number of hydrogen-bond acceptors (Lipinski definition) is 7. The van der Waals surface area contributed by atoms with Crippen LogP contribution in [0.1, 0.15) is 11.1 Å². The fraction of sp³-hybridized carbons (Fsp3) is 0.120. The lowest BCUT2D eigenvalue weighted by Gasteiger charge is -2.13. The molecule has 0 spiro atoms. The summed E-state index contributed by atoms with van der Waals surface area (Å²) in [6.45, 7) is 0.121. The van der Waals surface area contributed by atoms with E-state index in [0.717, 1.165) is 0 Å². The third kappa shape index (κ3) is 6.53. The molecule has 11 heteroatoms. The minimum atomic E-state index is -0.679. The van der Waals surface area contributed by atoms with E-state index in [1.54, 1.807) is 30.3 Å². The van der Waals surface area contributed by atoms with Crippen molar-refractivity contribution in [2.75, 3.05) is 19.5 Å². The molecule has 0 aromatic heterocycles. The van der Waals surface area contributed by atoms with Gasteiger partial charge in [-0.15, -0.1) is 0 Å². The second-order valence-corrected chi connectivity index (χ2v) is 8.53. The number of anilines is 1. The average molecular weight is 573 g/mol. The van der Waals surface area contributed by atoms with E-state index in [1.807, 2.05) is 6.07 Å². The Morgan fingerprint density at radius 2 is 1.81 bits per heavy atom. The molecular weight excluding hydrogens is 554 g/mol. The van der Waals surface area contributed by atoms with Crippen LogP contribution in [0.25, 0.3) is 6.08 Å². The summed E-state index contributed by atoms with van der Waals surface area (Å²) in [5.41, 5.74) is 1.24. The molecule has 1 amide bonds. The van der Waals surface area contributed by atoms with Gasteiger partial charge >= 0.3 is 0 Å². The summed E-state index contributed by atoms with van der Waals surface area (Å²) in [6, 6.07) is 16.0. The number of nitrogens with zero attached hydrogens (tertiary/aromatic N) is 2. The summed E-state index contributed by atoms with van der Waals surface area (Å²) in [5.74, 6) is 0.342. The zero-order valence-electron chi connectivity index (χ0n) is 19.1. The number of benzene rings is 3. The van der Waals surface area contributed by atoms with Crippen LogP contribution in [0.5, 0.6) is 17.2 Å². The van der Waals surface area contributed by atoms with Gasteiger partial charge in [0, 0.05) is 34.3 Å². The quantitative estimate of drug-likeness (QED) is 0.141. The van der Waals surface area contributed by atoms with E-state index in [1.165, 1.54) is 44.6 Å². The van der Waals surface area contributed by atoms with E-state index in [0.29, 0.717) is 37.9 Å². The molecule has 3 rings (SSSR count). The van der Waals surface area contributed by atoms with E-state index in [4.69, 9.17) is 25.8 Å². The molecule has 0 fully saturated rings. The molecule has 0 bridgehead atoms. The van der Waals surface area contributed by atoms with E-state index in [-0.39, 0.29) is 23.6 Å². The number of nitrogens with one attached hydrogen (secondary N) is 1. The SMILES string of the molecule is COc1cc(NC(=O)/C(C#N)=C/c2cc(Br)ccc2OCc2ccc([N+](=O)[O-])cc2)c(OC)cc1Cl. The number of rotatable bonds is 9. The number of nitro benzene ring substituents is 1. The highest BCUT2D eigenvalue weighted by Gasteiger charge is 2.17. The second-order valence-electron chi connectivity index (χ2n) is 7.21. The fourth-order valence-electron chi connectivity index (χ4n) is 3.09. The van der Waals surface area contributed by atoms with Gasteiger partial charge in [-0.3, -0.25) is 14.9 Å². The van der Waals surface area contributed by atoms with Gasteiger partial charge in [-0.25, -0.2) is 0 Å². The van der Waals surface area contributed by atoms with E-state index < -0.39 is 10.8 Å². The summed E-state index contributed by atoms with van der Waals surface area (Å²) in [4.78, 5) is 23.3. The van der Waals surface area contributed by atoms with Crippen molar-refractivity contribution in [1.82, 2.24) is 0 Å². The maximum absolute atomic E-state index is 12.9. The van der Waals surface area contributed by atoms with Crippen LogP contribution >= 0.6 is 27.5 Å². The first-order valence-electron chi connectivity index (χ1n) is 10.3. The first-order valence-corrected chi connectivity index (χ1v) is 11.4. The average Bonchev–Trinajstić information content (AvgIpc) is 2.87. The molecule has 0 aliphatic carbocycles. The van der Waals surface area contributed by atoms with Gasteiger partial charge < -0.3 is 19.5 Å². The van der Waals surface area contributed by atoms with Gasteiger partial charge in [-0.05, 0) is 42.0 Å². The summed E-state index contributed by atoms with van der Waals surface area (Å²) in [7, 11) is 2.86. The minimum Gasteiger partial charge on any atom is -0.495 e. The number of non-ortho nitro benzene ring substituents is 1. The van der Waals surface area contributed by atoms with E-state index >= 15 is 0 Å². The molecule has 3 aromatic rings. The van der Waals surface area contributed by atoms with Crippen molar-refractivity contribution in [3.63, 3.8) is 0 Å². The van der Waals surface area contributed by atoms with Crippen molar-refractivity contribution in [2.24, 2.45) is 0 Å². The predicted molar refractivity (Wildman–Crippen MR) is 138 cm³/mol. The smallest absolute Gasteiger partial charge is 0.269 e. The molecule has 0 aliphatic rings. The molecule has 0 aliphatic heterocycles. The Morgan fingerprint density at radius 1 is 1.11 bits per heavy atom. The Hall–Kier alpha value is -4.07. The van der Waals surface area contributed by atoms with Crippen LogP contribution in [0.4, 0.5) is 11.4 Å². The highest BCUT2D eigenvalue weighted by molar-refractivity contribution is 9.10. The normalized spacial score (nSPS) is 10.8. The first-order chi connectivity index (χ1) is 17.2. The zero-order chi connectivity index (χ0) is 26.2. The van der Waals surface area contributed by atoms with Crippen LogP contribution in [0, 0.1) is 21.4 Å². The van der Waals surface area contributed by atoms with Crippen LogP contribution in [0.3, 0.4) is 0 Å². The van der Waals surface area contributed by atoms with Crippen LogP contribution in [-0.4, -0.2) is 25.1 Å². The van der Waals surface area contributed by atoms with Crippen LogP contribution in [-0.2, 0) is 11.4 Å².